The van der Waals surface area contributed by atoms with Gasteiger partial charge >= 0.3 is 0 Å². The van der Waals surface area contributed by atoms with Gasteiger partial charge in [0.15, 0.2) is 0 Å². The van der Waals surface area contributed by atoms with E-state index in [1.807, 2.05) is 13.8 Å². The van der Waals surface area contributed by atoms with E-state index in [4.69, 9.17) is 4.74 Å². The van der Waals surface area contributed by atoms with Crippen LogP contribution in [0.15, 0.2) is 0 Å². The molecule has 0 aromatic carbocycles. The van der Waals surface area contributed by atoms with Crippen molar-refractivity contribution in [3.8, 4) is 0 Å². The molecule has 2 spiro atoms. The average molecular weight is 491 g/mol. The molecule has 12 atom stereocenters. The minimum atomic E-state index is -0.886. The number of aliphatic hydroxyl groups excluding tert-OH is 3. The molecule has 0 radical (unpaired) electrons. The Bertz CT molecular complexity index is 911. The monoisotopic (exact) mass is 490 g/mol. The number of rotatable bonds is 2. The lowest BCUT2D eigenvalue weighted by atomic mass is 9.41. The largest absolute Gasteiger partial charge is 0.393 e. The predicted molar refractivity (Wildman–Crippen MR) is 134 cm³/mol. The van der Waals surface area contributed by atoms with Crippen molar-refractivity contribution < 1.29 is 25.2 Å². The van der Waals surface area contributed by atoms with E-state index in [9.17, 15) is 20.4 Å². The first-order valence-corrected chi connectivity index (χ1v) is 14.4. The van der Waals surface area contributed by atoms with Crippen LogP contribution in [0.1, 0.15) is 106 Å². The van der Waals surface area contributed by atoms with Crippen molar-refractivity contribution >= 4 is 0 Å². The fraction of sp³-hybridized carbons (Fsp3) is 1.00. The summed E-state index contributed by atoms with van der Waals surface area (Å²) in [6.45, 7) is 15.0. The normalized spacial score (nSPS) is 60.9. The van der Waals surface area contributed by atoms with E-state index in [2.05, 4.69) is 34.6 Å². The molecule has 6 fully saturated rings. The summed E-state index contributed by atoms with van der Waals surface area (Å²) in [7, 11) is 0. The number of aliphatic hydroxyl groups is 4. The Morgan fingerprint density at radius 2 is 1.46 bits per heavy atom. The zero-order valence-corrected chi connectivity index (χ0v) is 23.1. The van der Waals surface area contributed by atoms with E-state index in [0.717, 1.165) is 51.4 Å². The third kappa shape index (κ3) is 2.78. The first kappa shape index (κ1) is 25.1. The molecule has 200 valence electrons. The predicted octanol–water partition coefficient (Wildman–Crippen LogP) is 4.44. The molecule has 1 heterocycles. The van der Waals surface area contributed by atoms with Crippen molar-refractivity contribution in [2.24, 2.45) is 44.8 Å². The summed E-state index contributed by atoms with van der Waals surface area (Å²) < 4.78 is 6.66. The molecule has 6 rings (SSSR count). The molecule has 6 aliphatic rings. The van der Waals surface area contributed by atoms with Crippen LogP contribution in [-0.2, 0) is 4.74 Å². The molecule has 4 N–H and O–H groups in total. The molecule has 0 unspecified atom stereocenters. The Morgan fingerprint density at radius 1 is 0.771 bits per heavy atom. The van der Waals surface area contributed by atoms with Gasteiger partial charge < -0.3 is 25.2 Å². The first-order chi connectivity index (χ1) is 16.0. The molecular formula is C30H50O5. The van der Waals surface area contributed by atoms with Gasteiger partial charge in [-0.1, -0.05) is 27.7 Å². The molecule has 1 aliphatic heterocycles. The van der Waals surface area contributed by atoms with Crippen LogP contribution >= 0.6 is 0 Å². The molecule has 5 heteroatoms. The number of ether oxygens (including phenoxy) is 1. The van der Waals surface area contributed by atoms with E-state index >= 15 is 0 Å². The minimum Gasteiger partial charge on any atom is -0.393 e. The van der Waals surface area contributed by atoms with Crippen molar-refractivity contribution in [3.63, 3.8) is 0 Å². The van der Waals surface area contributed by atoms with Crippen molar-refractivity contribution in [3.05, 3.63) is 0 Å². The number of fused-ring (bicyclic) bond motifs is 2. The highest BCUT2D eigenvalue weighted by Crippen LogP contribution is 2.89. The summed E-state index contributed by atoms with van der Waals surface area (Å²) in [5, 5.41) is 45.0. The Labute approximate surface area is 212 Å². The molecule has 1 saturated heterocycles. The Kier molecular flexibility index (Phi) is 4.92. The van der Waals surface area contributed by atoms with Gasteiger partial charge in [-0.2, -0.15) is 0 Å². The minimum absolute atomic E-state index is 0.0267. The van der Waals surface area contributed by atoms with Crippen LogP contribution in [0.25, 0.3) is 0 Å². The Morgan fingerprint density at radius 3 is 2.09 bits per heavy atom. The maximum Gasteiger partial charge on any atom is 0.0865 e. The lowest BCUT2D eigenvalue weighted by Crippen LogP contribution is -2.62. The quantitative estimate of drug-likeness (QED) is 0.460. The second-order valence-electron chi connectivity index (χ2n) is 15.9. The van der Waals surface area contributed by atoms with Gasteiger partial charge in [-0.05, 0) is 117 Å². The molecule has 5 nitrogen and oxygen atoms in total. The van der Waals surface area contributed by atoms with E-state index in [0.29, 0.717) is 5.92 Å². The van der Waals surface area contributed by atoms with E-state index in [-0.39, 0.29) is 51.1 Å². The zero-order chi connectivity index (χ0) is 25.6. The third-order valence-electron chi connectivity index (χ3n) is 13.8. The smallest absolute Gasteiger partial charge is 0.0865 e. The van der Waals surface area contributed by atoms with Crippen LogP contribution in [-0.4, -0.2) is 56.0 Å². The highest BCUT2D eigenvalue weighted by Gasteiger charge is 2.84. The summed E-state index contributed by atoms with van der Waals surface area (Å²) >= 11 is 0. The molecular weight excluding hydrogens is 440 g/mol. The van der Waals surface area contributed by atoms with E-state index in [1.54, 1.807) is 0 Å². The second-order valence-corrected chi connectivity index (χ2v) is 15.9. The van der Waals surface area contributed by atoms with Gasteiger partial charge in [0, 0.05) is 5.92 Å². The van der Waals surface area contributed by atoms with Crippen molar-refractivity contribution in [2.45, 2.75) is 142 Å². The van der Waals surface area contributed by atoms with E-state index < -0.39 is 23.4 Å². The summed E-state index contributed by atoms with van der Waals surface area (Å²) in [5.74, 6) is 0.577. The third-order valence-corrected chi connectivity index (χ3v) is 13.8. The van der Waals surface area contributed by atoms with Crippen molar-refractivity contribution in [1.82, 2.24) is 0 Å². The van der Waals surface area contributed by atoms with Gasteiger partial charge in [0.05, 0.1) is 35.6 Å². The summed E-state index contributed by atoms with van der Waals surface area (Å²) in [5.41, 5.74) is -1.35. The topological polar surface area (TPSA) is 90.2 Å². The first-order valence-electron chi connectivity index (χ1n) is 14.4. The molecule has 35 heavy (non-hydrogen) atoms. The lowest BCUT2D eigenvalue weighted by molar-refractivity contribution is -0.213. The van der Waals surface area contributed by atoms with Crippen molar-refractivity contribution in [2.75, 3.05) is 0 Å². The van der Waals surface area contributed by atoms with Crippen LogP contribution < -0.4 is 0 Å². The van der Waals surface area contributed by atoms with Gasteiger partial charge in [-0.25, -0.2) is 0 Å². The van der Waals surface area contributed by atoms with Gasteiger partial charge in [0.2, 0.25) is 0 Å². The summed E-state index contributed by atoms with van der Waals surface area (Å²) in [6.07, 6.45) is 7.18. The summed E-state index contributed by atoms with van der Waals surface area (Å²) in [6, 6.07) is 0. The second kappa shape index (κ2) is 6.86. The molecule has 5 aliphatic carbocycles. The van der Waals surface area contributed by atoms with Gasteiger partial charge in [-0.15, -0.1) is 0 Å². The zero-order valence-electron chi connectivity index (χ0n) is 23.1. The van der Waals surface area contributed by atoms with Crippen LogP contribution in [0.5, 0.6) is 0 Å². The van der Waals surface area contributed by atoms with E-state index in [1.165, 1.54) is 6.42 Å². The number of hydrogen-bond donors (Lipinski definition) is 4. The van der Waals surface area contributed by atoms with Crippen LogP contribution in [0.2, 0.25) is 0 Å². The van der Waals surface area contributed by atoms with Gasteiger partial charge in [0.1, 0.15) is 0 Å². The molecule has 0 amide bonds. The maximum atomic E-state index is 11.7. The van der Waals surface area contributed by atoms with Gasteiger partial charge in [-0.3, -0.25) is 0 Å². The fourth-order valence-electron chi connectivity index (χ4n) is 12.1. The Hall–Kier alpha value is -0.200. The molecule has 0 aromatic heterocycles. The molecule has 0 bridgehead atoms. The Balaban J connectivity index is 1.37. The maximum absolute atomic E-state index is 11.7. The summed E-state index contributed by atoms with van der Waals surface area (Å²) in [4.78, 5) is 0. The lowest BCUT2D eigenvalue weighted by Gasteiger charge is -2.64. The highest BCUT2D eigenvalue weighted by molar-refractivity contribution is 5.33. The van der Waals surface area contributed by atoms with Crippen molar-refractivity contribution in [1.29, 1.82) is 0 Å². The number of hydrogen-bond acceptors (Lipinski definition) is 5. The van der Waals surface area contributed by atoms with Crippen LogP contribution in [0, 0.1) is 44.8 Å². The van der Waals surface area contributed by atoms with Gasteiger partial charge in [0.25, 0.3) is 0 Å². The molecule has 0 aromatic rings. The standard InChI is InChI=1S/C30H50O5/c1-24(2)20(33)8-11-30-16-29(30)13-12-26(5)23(28(7)10-9-21(35-28)25(3,4)34)18(32)15-27(26,6)19(29)14-17(31)22(24)30/h17-23,31-34H,8-16H2,1-7H3/t17-,18+,19-,20+,21+,22+,23+,26+,27-,28-,29-,30+/m0/s1. The highest BCUT2D eigenvalue weighted by atomic mass is 16.5. The van der Waals surface area contributed by atoms with Crippen LogP contribution in [0.4, 0.5) is 0 Å². The van der Waals surface area contributed by atoms with Crippen LogP contribution in [0.3, 0.4) is 0 Å². The fourth-order valence-corrected chi connectivity index (χ4v) is 12.1. The SMILES string of the molecule is CC(C)(O)[C@H]1CC[C@@](C)([C@@H]2[C@H](O)C[C@@]3(C)[C@@H]4C[C@H](O)[C@@H]5C(C)(C)[C@H](O)CC[C@@]56C[C@@]46CC[C@]23C)O1. The average Bonchev–Trinajstić information content (AvgIpc) is 3.08. The molecule has 5 saturated carbocycles.